The quantitative estimate of drug-likeness (QED) is 0.365. The molecule has 0 aliphatic carbocycles. The Bertz CT molecular complexity index is 352. The van der Waals surface area contributed by atoms with Crippen molar-refractivity contribution in [3.05, 3.63) is 30.3 Å². The molecule has 0 aromatic heterocycles. The zero-order valence-electron chi connectivity index (χ0n) is 8.20. The highest BCUT2D eigenvalue weighted by atomic mass is 32.2. The van der Waals surface area contributed by atoms with Gasteiger partial charge in [0, 0.05) is 0 Å². The number of hydrogen-bond acceptors (Lipinski definition) is 5. The number of carbonyl (C=O) groups is 1. The second kappa shape index (κ2) is 6.94. The van der Waals surface area contributed by atoms with Gasteiger partial charge in [0.25, 0.3) is 0 Å². The van der Waals surface area contributed by atoms with Crippen molar-refractivity contribution in [1.82, 2.24) is 0 Å². The third-order valence-electron chi connectivity index (χ3n) is 1.43. The fourth-order valence-electron chi connectivity index (χ4n) is 0.845. The fourth-order valence-corrected chi connectivity index (χ4v) is 1.06. The minimum Gasteiger partial charge on any atom is -0.431 e. The van der Waals surface area contributed by atoms with E-state index in [2.05, 4.69) is 8.92 Å². The van der Waals surface area contributed by atoms with E-state index in [0.717, 1.165) is 0 Å². The van der Waals surface area contributed by atoms with Gasteiger partial charge in [-0.05, 0) is 12.1 Å². The van der Waals surface area contributed by atoms with Crippen molar-refractivity contribution in [2.24, 2.45) is 0 Å². The summed E-state index contributed by atoms with van der Waals surface area (Å²) in [5, 5.41) is 0. The van der Waals surface area contributed by atoms with Crippen molar-refractivity contribution >= 4 is 17.5 Å². The summed E-state index contributed by atoms with van der Waals surface area (Å²) in [6, 6.07) is 8.39. The molecule has 0 aliphatic heterocycles. The monoisotopic (exact) mass is 246 g/mol. The Labute approximate surface area is 94.6 Å². The largest absolute Gasteiger partial charge is 0.513 e. The van der Waals surface area contributed by atoms with Crippen LogP contribution in [-0.2, 0) is 20.3 Å². The molecular weight excluding hydrogens is 236 g/mol. The van der Waals surface area contributed by atoms with Crippen LogP contribution in [0.15, 0.2) is 30.3 Å². The Morgan fingerprint density at radius 2 is 1.94 bits per heavy atom. The number of ether oxygens (including phenoxy) is 2. The fraction of sp³-hybridized carbons (Fsp3) is 0.222. The topological polar surface area (TPSA) is 82.1 Å². The average Bonchev–Trinajstić information content (AvgIpc) is 2.25. The van der Waals surface area contributed by atoms with Crippen LogP contribution in [0.1, 0.15) is 0 Å². The normalized spacial score (nSPS) is 11.8. The van der Waals surface area contributed by atoms with Crippen LogP contribution in [0.3, 0.4) is 0 Å². The van der Waals surface area contributed by atoms with Crippen molar-refractivity contribution in [2.45, 2.75) is 0 Å². The molecule has 6 nitrogen and oxygen atoms in total. The summed E-state index contributed by atoms with van der Waals surface area (Å²) in [5.74, 6) is 0.360. The Balaban J connectivity index is 2.19. The number of para-hydroxylation sites is 1. The lowest BCUT2D eigenvalue weighted by atomic mass is 10.3. The maximum Gasteiger partial charge on any atom is 0.513 e. The number of benzene rings is 1. The molecule has 0 heterocycles. The second-order valence-corrected chi connectivity index (χ2v) is 3.22. The van der Waals surface area contributed by atoms with Gasteiger partial charge in [-0.3, -0.25) is 8.74 Å². The minimum absolute atomic E-state index is 0.155. The van der Waals surface area contributed by atoms with Crippen molar-refractivity contribution in [3.63, 3.8) is 0 Å². The van der Waals surface area contributed by atoms with Crippen molar-refractivity contribution < 1.29 is 27.2 Å². The molecule has 0 spiro atoms. The summed E-state index contributed by atoms with van der Waals surface area (Å²) < 4.78 is 31.9. The maximum absolute atomic E-state index is 11.0. The number of rotatable bonds is 5. The highest BCUT2D eigenvalue weighted by Crippen LogP contribution is 2.08. The summed E-state index contributed by atoms with van der Waals surface area (Å²) in [5.41, 5.74) is 0. The van der Waals surface area contributed by atoms with E-state index in [1.807, 2.05) is 0 Å². The smallest absolute Gasteiger partial charge is 0.431 e. The summed E-state index contributed by atoms with van der Waals surface area (Å²) >= 11 is -2.35. The Kier molecular flexibility index (Phi) is 5.48. The molecule has 0 amide bonds. The molecule has 1 N–H and O–H groups in total. The Morgan fingerprint density at radius 1 is 1.25 bits per heavy atom. The van der Waals surface area contributed by atoms with Crippen LogP contribution in [0.2, 0.25) is 0 Å². The summed E-state index contributed by atoms with van der Waals surface area (Å²) in [6.07, 6.45) is -0.890. The van der Waals surface area contributed by atoms with Gasteiger partial charge >= 0.3 is 17.5 Å². The highest BCUT2D eigenvalue weighted by molar-refractivity contribution is 7.74. The third-order valence-corrected chi connectivity index (χ3v) is 1.80. The molecule has 0 radical (unpaired) electrons. The first-order chi connectivity index (χ1) is 7.68. The van der Waals surface area contributed by atoms with Crippen molar-refractivity contribution in [3.8, 4) is 5.75 Å². The first-order valence-electron chi connectivity index (χ1n) is 4.32. The van der Waals surface area contributed by atoms with Crippen LogP contribution in [0, 0.1) is 0 Å². The van der Waals surface area contributed by atoms with E-state index in [9.17, 15) is 9.00 Å². The summed E-state index contributed by atoms with van der Waals surface area (Å²) in [7, 11) is 0. The van der Waals surface area contributed by atoms with Gasteiger partial charge in [-0.25, -0.2) is 4.79 Å². The maximum atomic E-state index is 11.0. The van der Waals surface area contributed by atoms with Gasteiger partial charge in [0.1, 0.15) is 19.0 Å². The molecule has 7 heteroatoms. The Morgan fingerprint density at radius 3 is 2.56 bits per heavy atom. The minimum atomic E-state index is -2.35. The van der Waals surface area contributed by atoms with Crippen LogP contribution in [0.4, 0.5) is 4.79 Å². The van der Waals surface area contributed by atoms with E-state index in [1.165, 1.54) is 0 Å². The zero-order valence-corrected chi connectivity index (χ0v) is 9.01. The van der Waals surface area contributed by atoms with Gasteiger partial charge in [-0.1, -0.05) is 18.2 Å². The lowest BCUT2D eigenvalue weighted by Crippen LogP contribution is -2.14. The van der Waals surface area contributed by atoms with E-state index >= 15 is 0 Å². The van der Waals surface area contributed by atoms with Crippen LogP contribution < -0.4 is 4.74 Å². The molecule has 0 saturated heterocycles. The van der Waals surface area contributed by atoms with Gasteiger partial charge in [0.15, 0.2) is 0 Å². The van der Waals surface area contributed by atoms with E-state index in [0.29, 0.717) is 5.75 Å². The van der Waals surface area contributed by atoms with Crippen molar-refractivity contribution in [2.75, 3.05) is 13.2 Å². The molecular formula is C9H10O6S. The van der Waals surface area contributed by atoms with E-state index in [4.69, 9.17) is 9.29 Å². The van der Waals surface area contributed by atoms with Gasteiger partial charge < -0.3 is 9.47 Å². The number of hydrogen-bond donors (Lipinski definition) is 1. The predicted octanol–water partition coefficient (Wildman–Crippen LogP) is 1.36. The Hall–Kier alpha value is -1.44. The van der Waals surface area contributed by atoms with Crippen LogP contribution >= 0.6 is 0 Å². The lowest BCUT2D eigenvalue weighted by molar-refractivity contribution is 0.0852. The zero-order chi connectivity index (χ0) is 11.8. The van der Waals surface area contributed by atoms with Crippen LogP contribution in [-0.4, -0.2) is 28.1 Å². The van der Waals surface area contributed by atoms with E-state index in [1.54, 1.807) is 30.3 Å². The molecule has 1 atom stereocenters. The molecule has 0 fully saturated rings. The summed E-state index contributed by atoms with van der Waals surface area (Å²) in [6.45, 7) is -0.328. The van der Waals surface area contributed by atoms with Gasteiger partial charge in [-0.15, -0.1) is 0 Å². The molecule has 16 heavy (non-hydrogen) atoms. The summed E-state index contributed by atoms with van der Waals surface area (Å²) in [4.78, 5) is 11.0. The first-order valence-corrected chi connectivity index (χ1v) is 5.35. The molecule has 0 saturated carbocycles. The van der Waals surface area contributed by atoms with Crippen molar-refractivity contribution in [1.29, 1.82) is 0 Å². The first kappa shape index (κ1) is 12.6. The molecule has 1 unspecified atom stereocenters. The highest BCUT2D eigenvalue weighted by Gasteiger charge is 2.05. The van der Waals surface area contributed by atoms with E-state index in [-0.39, 0.29) is 13.2 Å². The second-order valence-electron chi connectivity index (χ2n) is 2.55. The molecule has 0 aliphatic rings. The molecule has 88 valence electrons. The SMILES string of the molecule is O=C(OCCOS(=O)O)Oc1ccccc1. The lowest BCUT2D eigenvalue weighted by Gasteiger charge is -2.04. The van der Waals surface area contributed by atoms with E-state index < -0.39 is 17.5 Å². The number of carbonyl (C=O) groups excluding carboxylic acids is 1. The third kappa shape index (κ3) is 5.44. The molecule has 0 bridgehead atoms. The van der Waals surface area contributed by atoms with Crippen LogP contribution in [0.25, 0.3) is 0 Å². The molecule has 1 aromatic rings. The van der Waals surface area contributed by atoms with Gasteiger partial charge in [0.2, 0.25) is 0 Å². The molecule has 1 aromatic carbocycles. The average molecular weight is 246 g/mol. The van der Waals surface area contributed by atoms with Gasteiger partial charge in [-0.2, -0.15) is 4.21 Å². The van der Waals surface area contributed by atoms with Crippen LogP contribution in [0.5, 0.6) is 5.75 Å². The predicted molar refractivity (Wildman–Crippen MR) is 55.1 cm³/mol. The molecule has 1 rings (SSSR count). The standard InChI is InChI=1S/C9H10O6S/c10-9(13-6-7-14-16(11)12)15-8-4-2-1-3-5-8/h1-5H,6-7H2,(H,11,12). The van der Waals surface area contributed by atoms with Gasteiger partial charge in [0.05, 0.1) is 0 Å².